The normalized spacial score (nSPS) is 11.0. The minimum atomic E-state index is 0.635. The van der Waals surface area contributed by atoms with Crippen LogP contribution in [0.25, 0.3) is 21.8 Å². The molecule has 0 fully saturated rings. The van der Waals surface area contributed by atoms with E-state index in [2.05, 4.69) is 25.5 Å². The number of hydrogen-bond donors (Lipinski definition) is 2. The maximum Gasteiger partial charge on any atom is 0.162 e. The molecule has 7 nitrogen and oxygen atoms in total. The highest BCUT2D eigenvalue weighted by Gasteiger charge is 2.12. The van der Waals surface area contributed by atoms with Crippen molar-refractivity contribution in [1.29, 1.82) is 0 Å². The van der Waals surface area contributed by atoms with Crippen molar-refractivity contribution in [2.24, 2.45) is 0 Å². The van der Waals surface area contributed by atoms with Gasteiger partial charge in [0.1, 0.15) is 11.6 Å². The van der Waals surface area contributed by atoms with Gasteiger partial charge in [-0.15, -0.1) is 0 Å². The van der Waals surface area contributed by atoms with E-state index in [0.29, 0.717) is 23.1 Å². The van der Waals surface area contributed by atoms with Gasteiger partial charge in [-0.25, -0.2) is 9.97 Å². The fourth-order valence-electron chi connectivity index (χ4n) is 2.82. The Morgan fingerprint density at radius 3 is 2.60 bits per heavy atom. The van der Waals surface area contributed by atoms with E-state index >= 15 is 0 Å². The molecule has 4 aromatic rings. The average Bonchev–Trinajstić information content (AvgIpc) is 3.08. The van der Waals surface area contributed by atoms with Crippen LogP contribution in [0.2, 0.25) is 0 Å². The molecule has 0 bridgehead atoms. The molecule has 7 heteroatoms. The summed E-state index contributed by atoms with van der Waals surface area (Å²) in [5, 5.41) is 12.2. The highest BCUT2D eigenvalue weighted by Crippen LogP contribution is 2.35. The summed E-state index contributed by atoms with van der Waals surface area (Å²) in [4.78, 5) is 9.06. The SMILES string of the molecule is COc1cc2nc(C)nc(Nc3ccc4[nH]ncc4c3)c2cc1OC. The molecule has 4 rings (SSSR count). The zero-order valence-electron chi connectivity index (χ0n) is 14.1. The third-order valence-corrected chi connectivity index (χ3v) is 4.02. The van der Waals surface area contributed by atoms with Crippen LogP contribution in [0.4, 0.5) is 11.5 Å². The third-order valence-electron chi connectivity index (χ3n) is 4.02. The molecule has 2 N–H and O–H groups in total. The molecule has 0 aliphatic rings. The van der Waals surface area contributed by atoms with E-state index < -0.39 is 0 Å². The second-order valence-electron chi connectivity index (χ2n) is 5.64. The van der Waals surface area contributed by atoms with Gasteiger partial charge in [0.2, 0.25) is 0 Å². The molecule has 2 aromatic heterocycles. The number of nitrogens with one attached hydrogen (secondary N) is 2. The summed E-state index contributed by atoms with van der Waals surface area (Å²) < 4.78 is 10.8. The lowest BCUT2D eigenvalue weighted by molar-refractivity contribution is 0.356. The molecular weight excluding hydrogens is 318 g/mol. The van der Waals surface area contributed by atoms with Crippen LogP contribution in [0.1, 0.15) is 5.82 Å². The van der Waals surface area contributed by atoms with Gasteiger partial charge in [-0.2, -0.15) is 5.10 Å². The average molecular weight is 335 g/mol. The molecule has 0 aliphatic carbocycles. The first-order valence-corrected chi connectivity index (χ1v) is 7.78. The Morgan fingerprint density at radius 1 is 1.00 bits per heavy atom. The molecule has 2 heterocycles. The monoisotopic (exact) mass is 335 g/mol. The van der Waals surface area contributed by atoms with Crippen molar-refractivity contribution < 1.29 is 9.47 Å². The second-order valence-corrected chi connectivity index (χ2v) is 5.64. The van der Waals surface area contributed by atoms with Gasteiger partial charge < -0.3 is 14.8 Å². The molecular formula is C18H17N5O2. The number of aromatic amines is 1. The maximum absolute atomic E-state index is 5.41. The van der Waals surface area contributed by atoms with E-state index in [-0.39, 0.29) is 0 Å². The molecule has 0 unspecified atom stereocenters. The van der Waals surface area contributed by atoms with Gasteiger partial charge in [0.05, 0.1) is 31.4 Å². The highest BCUT2D eigenvalue weighted by molar-refractivity contribution is 5.94. The van der Waals surface area contributed by atoms with Gasteiger partial charge in [0.15, 0.2) is 11.5 Å². The number of aromatic nitrogens is 4. The summed E-state index contributed by atoms with van der Waals surface area (Å²) in [5.41, 5.74) is 2.70. The number of nitrogens with zero attached hydrogens (tertiary/aromatic N) is 3. The quantitative estimate of drug-likeness (QED) is 0.593. The van der Waals surface area contributed by atoms with E-state index in [9.17, 15) is 0 Å². The first kappa shape index (κ1) is 15.2. The van der Waals surface area contributed by atoms with E-state index in [4.69, 9.17) is 9.47 Å². The molecule has 0 aliphatic heterocycles. The molecule has 0 amide bonds. The molecule has 2 aromatic carbocycles. The number of fused-ring (bicyclic) bond motifs is 2. The van der Waals surface area contributed by atoms with E-state index in [1.54, 1.807) is 20.4 Å². The number of benzene rings is 2. The number of H-pyrrole nitrogens is 1. The number of methoxy groups -OCH3 is 2. The minimum Gasteiger partial charge on any atom is -0.493 e. The third kappa shape index (κ3) is 2.69. The topological polar surface area (TPSA) is 85.0 Å². The van der Waals surface area contributed by atoms with Crippen LogP contribution in [0, 0.1) is 6.92 Å². The lowest BCUT2D eigenvalue weighted by Crippen LogP contribution is -2.00. The maximum atomic E-state index is 5.41. The summed E-state index contributed by atoms with van der Waals surface area (Å²) in [6.45, 7) is 1.86. The minimum absolute atomic E-state index is 0.635. The number of ether oxygens (including phenoxy) is 2. The first-order chi connectivity index (χ1) is 12.2. The summed E-state index contributed by atoms with van der Waals surface area (Å²) in [6.07, 6.45) is 1.79. The fourth-order valence-corrected chi connectivity index (χ4v) is 2.82. The summed E-state index contributed by atoms with van der Waals surface area (Å²) in [7, 11) is 3.22. The van der Waals surface area contributed by atoms with E-state index in [0.717, 1.165) is 27.5 Å². The lowest BCUT2D eigenvalue weighted by Gasteiger charge is -2.13. The largest absolute Gasteiger partial charge is 0.493 e. The molecule has 25 heavy (non-hydrogen) atoms. The Bertz CT molecular complexity index is 1070. The Morgan fingerprint density at radius 2 is 1.80 bits per heavy atom. The van der Waals surface area contributed by atoms with E-state index in [1.807, 2.05) is 37.3 Å². The van der Waals surface area contributed by atoms with Crippen LogP contribution in [0.15, 0.2) is 36.5 Å². The number of aryl methyl sites for hydroxylation is 1. The lowest BCUT2D eigenvalue weighted by atomic mass is 10.2. The van der Waals surface area contributed by atoms with Crippen molar-refractivity contribution in [3.63, 3.8) is 0 Å². The van der Waals surface area contributed by atoms with Crippen LogP contribution < -0.4 is 14.8 Å². The Kier molecular flexibility index (Phi) is 3.61. The Hall–Kier alpha value is -3.35. The molecule has 126 valence electrons. The van der Waals surface area contributed by atoms with Gasteiger partial charge in [-0.05, 0) is 31.2 Å². The van der Waals surface area contributed by atoms with E-state index in [1.165, 1.54) is 0 Å². The predicted molar refractivity (Wildman–Crippen MR) is 96.8 cm³/mol. The van der Waals surface area contributed by atoms with Crippen LogP contribution in [-0.2, 0) is 0 Å². The van der Waals surface area contributed by atoms with Crippen LogP contribution in [0.5, 0.6) is 11.5 Å². The van der Waals surface area contributed by atoms with Gasteiger partial charge in [0.25, 0.3) is 0 Å². The van der Waals surface area contributed by atoms with Crippen molar-refractivity contribution in [3.05, 3.63) is 42.4 Å². The smallest absolute Gasteiger partial charge is 0.162 e. The van der Waals surface area contributed by atoms with Crippen LogP contribution in [-0.4, -0.2) is 34.4 Å². The standard InChI is InChI=1S/C18H17N5O2/c1-10-20-15-8-17(25-3)16(24-2)7-13(15)18(21-10)22-12-4-5-14-11(6-12)9-19-23-14/h4-9H,1-3H3,(H,19,23)(H,20,21,22). The van der Waals surface area contributed by atoms with Crippen molar-refractivity contribution in [3.8, 4) is 11.5 Å². The number of anilines is 2. The van der Waals surface area contributed by atoms with Crippen LogP contribution in [0.3, 0.4) is 0 Å². The molecule has 0 atom stereocenters. The molecule has 0 radical (unpaired) electrons. The fraction of sp³-hybridized carbons (Fsp3) is 0.167. The summed E-state index contributed by atoms with van der Waals surface area (Å²) in [6, 6.07) is 9.71. The molecule has 0 spiro atoms. The Labute approximate surface area is 144 Å². The summed E-state index contributed by atoms with van der Waals surface area (Å²) in [5.74, 6) is 2.66. The van der Waals surface area contributed by atoms with Gasteiger partial charge in [-0.3, -0.25) is 5.10 Å². The zero-order valence-corrected chi connectivity index (χ0v) is 14.1. The zero-order chi connectivity index (χ0) is 17.4. The van der Waals surface area contributed by atoms with Gasteiger partial charge in [0, 0.05) is 22.5 Å². The first-order valence-electron chi connectivity index (χ1n) is 7.78. The highest BCUT2D eigenvalue weighted by atomic mass is 16.5. The van der Waals surface area contributed by atoms with Gasteiger partial charge in [-0.1, -0.05) is 0 Å². The summed E-state index contributed by atoms with van der Waals surface area (Å²) >= 11 is 0. The molecule has 0 saturated carbocycles. The Balaban J connectivity index is 1.84. The van der Waals surface area contributed by atoms with Crippen molar-refractivity contribution in [2.75, 3.05) is 19.5 Å². The predicted octanol–water partition coefficient (Wildman–Crippen LogP) is 3.58. The van der Waals surface area contributed by atoms with Crippen molar-refractivity contribution in [2.45, 2.75) is 6.92 Å². The van der Waals surface area contributed by atoms with Crippen molar-refractivity contribution >= 4 is 33.3 Å². The second kappa shape index (κ2) is 5.94. The number of hydrogen-bond acceptors (Lipinski definition) is 6. The number of rotatable bonds is 4. The van der Waals surface area contributed by atoms with Gasteiger partial charge >= 0.3 is 0 Å². The van der Waals surface area contributed by atoms with Crippen molar-refractivity contribution in [1.82, 2.24) is 20.2 Å². The van der Waals surface area contributed by atoms with Crippen LogP contribution >= 0.6 is 0 Å². The molecule has 0 saturated heterocycles.